The predicted octanol–water partition coefficient (Wildman–Crippen LogP) is 5.84. The Hall–Kier alpha value is -1.16. The largest absolute Gasteiger partial charge is 0.355 e. The fourth-order valence-electron chi connectivity index (χ4n) is 3.25. The van der Waals surface area contributed by atoms with Crippen molar-refractivity contribution in [1.29, 1.82) is 0 Å². The summed E-state index contributed by atoms with van der Waals surface area (Å²) < 4.78 is 0. The van der Waals surface area contributed by atoms with Gasteiger partial charge in [-0.25, -0.2) is 0 Å². The highest BCUT2D eigenvalue weighted by Gasteiger charge is 2.26. The van der Waals surface area contributed by atoms with E-state index in [0.717, 1.165) is 19.1 Å². The minimum absolute atomic E-state index is 0.151. The Kier molecular flexibility index (Phi) is 18.4. The quantitative estimate of drug-likeness (QED) is 0.155. The second-order valence-electron chi connectivity index (χ2n) is 8.32. The maximum Gasteiger partial charge on any atom is 0.239 e. The molecule has 0 aliphatic carbocycles. The number of nitrogens with two attached hydrogens (primary N) is 1. The fraction of sp³-hybridized carbons (Fsp3) is 0.833. The summed E-state index contributed by atoms with van der Waals surface area (Å²) in [5.41, 5.74) is 5.00. The van der Waals surface area contributed by atoms with E-state index < -0.39 is 5.54 Å². The van der Waals surface area contributed by atoms with Crippen LogP contribution in [0.15, 0.2) is 12.2 Å². The molecule has 4 heteroatoms. The lowest BCUT2D eigenvalue weighted by Crippen LogP contribution is -2.51. The van der Waals surface area contributed by atoms with Crippen molar-refractivity contribution in [2.24, 2.45) is 5.73 Å². The number of aldehydes is 1. The molecule has 1 atom stereocenters. The summed E-state index contributed by atoms with van der Waals surface area (Å²) >= 11 is 0. The van der Waals surface area contributed by atoms with Crippen LogP contribution in [0.25, 0.3) is 0 Å². The van der Waals surface area contributed by atoms with Crippen LogP contribution in [-0.2, 0) is 9.59 Å². The average molecular weight is 395 g/mol. The van der Waals surface area contributed by atoms with Gasteiger partial charge < -0.3 is 15.8 Å². The average Bonchev–Trinajstić information content (AvgIpc) is 2.68. The molecule has 1 amide bonds. The van der Waals surface area contributed by atoms with Gasteiger partial charge in [0.1, 0.15) is 6.29 Å². The van der Waals surface area contributed by atoms with Crippen molar-refractivity contribution in [3.05, 3.63) is 12.2 Å². The van der Waals surface area contributed by atoms with Gasteiger partial charge in [-0.3, -0.25) is 4.79 Å². The van der Waals surface area contributed by atoms with Crippen molar-refractivity contribution >= 4 is 12.2 Å². The topological polar surface area (TPSA) is 72.2 Å². The van der Waals surface area contributed by atoms with Crippen LogP contribution >= 0.6 is 0 Å². The fourth-order valence-corrected chi connectivity index (χ4v) is 3.25. The summed E-state index contributed by atoms with van der Waals surface area (Å²) in [6, 6.07) is 0. The lowest BCUT2D eigenvalue weighted by Gasteiger charge is -2.22. The second kappa shape index (κ2) is 19.2. The van der Waals surface area contributed by atoms with Gasteiger partial charge in [0.25, 0.3) is 0 Å². The van der Waals surface area contributed by atoms with Crippen LogP contribution in [0.4, 0.5) is 0 Å². The van der Waals surface area contributed by atoms with E-state index in [1.165, 1.54) is 77.0 Å². The minimum Gasteiger partial charge on any atom is -0.355 e. The van der Waals surface area contributed by atoms with E-state index in [2.05, 4.69) is 24.4 Å². The van der Waals surface area contributed by atoms with Gasteiger partial charge >= 0.3 is 0 Å². The van der Waals surface area contributed by atoms with Gasteiger partial charge in [0.15, 0.2) is 0 Å². The van der Waals surface area contributed by atoms with Gasteiger partial charge in [-0.15, -0.1) is 0 Å². The van der Waals surface area contributed by atoms with E-state index in [9.17, 15) is 9.59 Å². The molecule has 0 radical (unpaired) electrons. The van der Waals surface area contributed by atoms with Crippen LogP contribution in [-0.4, -0.2) is 24.3 Å². The molecule has 0 aromatic rings. The van der Waals surface area contributed by atoms with Crippen molar-refractivity contribution < 1.29 is 9.59 Å². The van der Waals surface area contributed by atoms with Crippen molar-refractivity contribution in [2.45, 2.75) is 122 Å². The maximum atomic E-state index is 12.0. The smallest absolute Gasteiger partial charge is 0.239 e. The summed E-state index contributed by atoms with van der Waals surface area (Å²) in [4.78, 5) is 22.4. The third kappa shape index (κ3) is 17.0. The van der Waals surface area contributed by atoms with Gasteiger partial charge in [0.2, 0.25) is 5.91 Å². The molecule has 28 heavy (non-hydrogen) atoms. The highest BCUT2D eigenvalue weighted by Crippen LogP contribution is 2.10. The number of hydrogen-bond acceptors (Lipinski definition) is 3. The second-order valence-corrected chi connectivity index (χ2v) is 8.32. The summed E-state index contributed by atoms with van der Waals surface area (Å²) in [5, 5.41) is 2.89. The van der Waals surface area contributed by atoms with Gasteiger partial charge in [0.05, 0.1) is 5.54 Å². The third-order valence-electron chi connectivity index (χ3n) is 5.27. The van der Waals surface area contributed by atoms with Crippen LogP contribution in [0.5, 0.6) is 0 Å². The van der Waals surface area contributed by atoms with Gasteiger partial charge in [0, 0.05) is 13.0 Å². The zero-order valence-corrected chi connectivity index (χ0v) is 18.6. The number of carbonyl (C=O) groups is 2. The van der Waals surface area contributed by atoms with Crippen molar-refractivity contribution in [1.82, 2.24) is 5.32 Å². The molecule has 0 aromatic carbocycles. The van der Waals surface area contributed by atoms with Crippen molar-refractivity contribution in [3.8, 4) is 0 Å². The first-order chi connectivity index (χ1) is 13.5. The first-order valence-electron chi connectivity index (χ1n) is 11.7. The molecule has 0 aliphatic rings. The van der Waals surface area contributed by atoms with E-state index in [0.29, 0.717) is 19.4 Å². The van der Waals surface area contributed by atoms with Crippen molar-refractivity contribution in [3.63, 3.8) is 0 Å². The molecule has 0 rings (SSSR count). The zero-order valence-electron chi connectivity index (χ0n) is 18.6. The number of carbonyl (C=O) groups excluding carboxylic acids is 2. The number of nitrogens with one attached hydrogen (secondary N) is 1. The van der Waals surface area contributed by atoms with E-state index in [4.69, 9.17) is 5.73 Å². The predicted molar refractivity (Wildman–Crippen MR) is 120 cm³/mol. The summed E-state index contributed by atoms with van der Waals surface area (Å²) in [7, 11) is 0. The number of allylic oxidation sites excluding steroid dienone is 2. The maximum absolute atomic E-state index is 12.0. The Morgan fingerprint density at radius 3 is 1.86 bits per heavy atom. The van der Waals surface area contributed by atoms with E-state index in [1.807, 2.05) is 0 Å². The molecule has 164 valence electrons. The Balaban J connectivity index is 3.36. The molecule has 3 N–H and O–H groups in total. The molecular formula is C24H46N2O2. The molecule has 0 fully saturated rings. The Morgan fingerprint density at radius 2 is 1.32 bits per heavy atom. The van der Waals surface area contributed by atoms with E-state index in [-0.39, 0.29) is 5.91 Å². The van der Waals surface area contributed by atoms with Gasteiger partial charge in [-0.2, -0.15) is 0 Å². The molecule has 0 aliphatic heterocycles. The van der Waals surface area contributed by atoms with Crippen molar-refractivity contribution in [2.75, 3.05) is 6.54 Å². The summed E-state index contributed by atoms with van der Waals surface area (Å²) in [5.74, 6) is -0.151. The van der Waals surface area contributed by atoms with Crippen LogP contribution in [0.1, 0.15) is 117 Å². The number of rotatable bonds is 20. The SMILES string of the molecule is CCCCCCCC/C=C\CCCCCCCCNC(=O)C(C)(N)CCC=O. The minimum atomic E-state index is -0.941. The molecule has 0 spiro atoms. The lowest BCUT2D eigenvalue weighted by atomic mass is 9.96. The van der Waals surface area contributed by atoms with Crippen LogP contribution in [0.2, 0.25) is 0 Å². The highest BCUT2D eigenvalue weighted by molar-refractivity contribution is 5.85. The summed E-state index contributed by atoms with van der Waals surface area (Å²) in [6.07, 6.45) is 24.2. The van der Waals surface area contributed by atoms with Gasteiger partial charge in [-0.05, 0) is 45.4 Å². The third-order valence-corrected chi connectivity index (χ3v) is 5.27. The Morgan fingerprint density at radius 1 is 0.821 bits per heavy atom. The molecule has 4 nitrogen and oxygen atoms in total. The standard InChI is InChI=1S/C24H46N2O2/c1-3-4-5-6-7-8-9-10-11-12-13-14-15-16-17-18-21-26-23(28)24(2,25)20-19-22-27/h10-11,22H,3-9,12-21,25H2,1-2H3,(H,26,28)/b11-10-. The molecule has 0 saturated heterocycles. The highest BCUT2D eigenvalue weighted by atomic mass is 16.2. The normalized spacial score (nSPS) is 13.5. The molecular weight excluding hydrogens is 348 g/mol. The zero-order chi connectivity index (χ0) is 20.9. The Bertz CT molecular complexity index is 405. The van der Waals surface area contributed by atoms with E-state index in [1.54, 1.807) is 6.92 Å². The monoisotopic (exact) mass is 394 g/mol. The molecule has 0 heterocycles. The lowest BCUT2D eigenvalue weighted by molar-refractivity contribution is -0.126. The molecule has 1 unspecified atom stereocenters. The molecule has 0 aromatic heterocycles. The molecule has 0 saturated carbocycles. The number of hydrogen-bond donors (Lipinski definition) is 2. The van der Waals surface area contributed by atoms with Crippen LogP contribution in [0.3, 0.4) is 0 Å². The van der Waals surface area contributed by atoms with Gasteiger partial charge in [-0.1, -0.05) is 76.9 Å². The Labute approximate surface area is 174 Å². The van der Waals surface area contributed by atoms with Crippen LogP contribution < -0.4 is 11.1 Å². The first-order valence-corrected chi connectivity index (χ1v) is 11.7. The summed E-state index contributed by atoms with van der Waals surface area (Å²) in [6.45, 7) is 4.63. The van der Waals surface area contributed by atoms with Crippen LogP contribution in [0, 0.1) is 0 Å². The molecule has 0 bridgehead atoms. The number of unbranched alkanes of at least 4 members (excludes halogenated alkanes) is 12. The number of amides is 1. The van der Waals surface area contributed by atoms with E-state index >= 15 is 0 Å². The first kappa shape index (κ1) is 26.8.